The Labute approximate surface area is 113 Å². The van der Waals surface area contributed by atoms with Gasteiger partial charge in [0.1, 0.15) is 0 Å². The predicted octanol–water partition coefficient (Wildman–Crippen LogP) is 5.75. The third kappa shape index (κ3) is 6.39. The minimum atomic E-state index is 0.129. The van der Waals surface area contributed by atoms with Crippen molar-refractivity contribution in [3.05, 3.63) is 41.5 Å². The summed E-state index contributed by atoms with van der Waals surface area (Å²) in [6.45, 7) is 13.8. The second-order valence-corrected chi connectivity index (χ2v) is 3.40. The molecule has 0 amide bonds. The Hall–Kier alpha value is -1.37. The molecule has 0 fully saturated rings. The highest BCUT2D eigenvalue weighted by molar-refractivity contribution is 5.98. The highest BCUT2D eigenvalue weighted by Crippen LogP contribution is 2.19. The lowest BCUT2D eigenvalue weighted by atomic mass is 9.98. The number of allylic oxidation sites excluding steroid dienone is 2. The minimum absolute atomic E-state index is 0.129. The van der Waals surface area contributed by atoms with Gasteiger partial charge in [0.25, 0.3) is 0 Å². The number of benzene rings is 1. The number of rotatable bonds is 3. The van der Waals surface area contributed by atoms with Gasteiger partial charge in [0.15, 0.2) is 5.78 Å². The topological polar surface area (TPSA) is 17.1 Å². The van der Waals surface area contributed by atoms with E-state index in [1.54, 1.807) is 6.92 Å². The molecule has 0 aliphatic rings. The standard InChI is InChI=1S/C13H16O.2C2H6/c1-4-7-10(2)12-8-5-6-9-13(12)11(3)14;2*1-2/h5-9H,4H2,1-3H3;2*1-2H3/b10-7+;;. The highest BCUT2D eigenvalue weighted by atomic mass is 16.1. The number of ketones is 1. The summed E-state index contributed by atoms with van der Waals surface area (Å²) in [4.78, 5) is 11.3. The van der Waals surface area contributed by atoms with Crippen molar-refractivity contribution in [3.8, 4) is 0 Å². The van der Waals surface area contributed by atoms with Crippen molar-refractivity contribution in [2.75, 3.05) is 0 Å². The van der Waals surface area contributed by atoms with Gasteiger partial charge in [0.2, 0.25) is 0 Å². The summed E-state index contributed by atoms with van der Waals surface area (Å²) in [5.41, 5.74) is 3.05. The molecule has 0 N–H and O–H groups in total. The van der Waals surface area contributed by atoms with E-state index in [2.05, 4.69) is 13.0 Å². The van der Waals surface area contributed by atoms with Gasteiger partial charge in [0, 0.05) is 5.56 Å². The van der Waals surface area contributed by atoms with Crippen LogP contribution in [0.15, 0.2) is 30.3 Å². The van der Waals surface area contributed by atoms with Gasteiger partial charge in [-0.25, -0.2) is 0 Å². The smallest absolute Gasteiger partial charge is 0.160 e. The Morgan fingerprint density at radius 3 is 1.83 bits per heavy atom. The van der Waals surface area contributed by atoms with E-state index < -0.39 is 0 Å². The molecular weight excluding hydrogens is 220 g/mol. The van der Waals surface area contributed by atoms with E-state index in [0.717, 1.165) is 17.5 Å². The molecule has 0 aliphatic heterocycles. The summed E-state index contributed by atoms with van der Waals surface area (Å²) in [6, 6.07) is 7.75. The van der Waals surface area contributed by atoms with E-state index in [-0.39, 0.29) is 5.78 Å². The number of Topliss-reactive ketones (excluding diaryl/α,β-unsaturated/α-hetero) is 1. The first kappa shape index (κ1) is 19.0. The lowest BCUT2D eigenvalue weighted by molar-refractivity contribution is 0.101. The van der Waals surface area contributed by atoms with Crippen LogP contribution >= 0.6 is 0 Å². The molecule has 0 radical (unpaired) electrons. The van der Waals surface area contributed by atoms with E-state index in [9.17, 15) is 4.79 Å². The van der Waals surface area contributed by atoms with Crippen LogP contribution in [0, 0.1) is 0 Å². The van der Waals surface area contributed by atoms with Gasteiger partial charge >= 0.3 is 0 Å². The van der Waals surface area contributed by atoms with Crippen LogP contribution in [-0.4, -0.2) is 5.78 Å². The monoisotopic (exact) mass is 248 g/mol. The second-order valence-electron chi connectivity index (χ2n) is 3.40. The molecule has 0 spiro atoms. The first-order valence-electron chi connectivity index (χ1n) is 6.94. The molecule has 102 valence electrons. The molecule has 0 bridgehead atoms. The van der Waals surface area contributed by atoms with Gasteiger partial charge in [-0.2, -0.15) is 0 Å². The van der Waals surface area contributed by atoms with E-state index >= 15 is 0 Å². The third-order valence-corrected chi connectivity index (χ3v) is 2.24. The molecule has 18 heavy (non-hydrogen) atoms. The number of hydrogen-bond donors (Lipinski definition) is 0. The van der Waals surface area contributed by atoms with Crippen molar-refractivity contribution in [2.45, 2.75) is 54.9 Å². The molecule has 0 unspecified atom stereocenters. The lowest BCUT2D eigenvalue weighted by Gasteiger charge is -2.06. The fourth-order valence-electron chi connectivity index (χ4n) is 1.55. The molecule has 0 aromatic heterocycles. The quantitative estimate of drug-likeness (QED) is 0.622. The van der Waals surface area contributed by atoms with Crippen LogP contribution < -0.4 is 0 Å². The normalized spacial score (nSPS) is 9.61. The van der Waals surface area contributed by atoms with Crippen molar-refractivity contribution in [3.63, 3.8) is 0 Å². The zero-order chi connectivity index (χ0) is 14.6. The van der Waals surface area contributed by atoms with Crippen LogP contribution in [0.2, 0.25) is 0 Å². The number of hydrogen-bond acceptors (Lipinski definition) is 1. The average molecular weight is 248 g/mol. The van der Waals surface area contributed by atoms with Crippen LogP contribution in [0.1, 0.15) is 70.8 Å². The fraction of sp³-hybridized carbons (Fsp3) is 0.471. The zero-order valence-corrected chi connectivity index (χ0v) is 13.0. The predicted molar refractivity (Wildman–Crippen MR) is 83.1 cm³/mol. The molecule has 0 heterocycles. The molecule has 0 saturated carbocycles. The van der Waals surface area contributed by atoms with Crippen LogP contribution in [0.25, 0.3) is 5.57 Å². The van der Waals surface area contributed by atoms with Crippen molar-refractivity contribution in [1.82, 2.24) is 0 Å². The summed E-state index contributed by atoms with van der Waals surface area (Å²) in [5.74, 6) is 0.129. The van der Waals surface area contributed by atoms with Gasteiger partial charge in [-0.3, -0.25) is 4.79 Å². The Bertz CT molecular complexity index is 362. The minimum Gasteiger partial charge on any atom is -0.294 e. The van der Waals surface area contributed by atoms with Crippen LogP contribution in [0.3, 0.4) is 0 Å². The third-order valence-electron chi connectivity index (χ3n) is 2.24. The zero-order valence-electron chi connectivity index (χ0n) is 13.0. The fourth-order valence-corrected chi connectivity index (χ4v) is 1.55. The molecule has 0 aliphatic carbocycles. The van der Waals surface area contributed by atoms with E-state index in [0.29, 0.717) is 0 Å². The van der Waals surface area contributed by atoms with Crippen LogP contribution in [0.5, 0.6) is 0 Å². The maximum absolute atomic E-state index is 11.3. The molecule has 0 atom stereocenters. The van der Waals surface area contributed by atoms with Gasteiger partial charge < -0.3 is 0 Å². The molecular formula is C17H28O. The maximum Gasteiger partial charge on any atom is 0.160 e. The van der Waals surface area contributed by atoms with Gasteiger partial charge in [0.05, 0.1) is 0 Å². The molecule has 1 heteroatoms. The van der Waals surface area contributed by atoms with Gasteiger partial charge in [-0.05, 0) is 31.4 Å². The Balaban J connectivity index is 0. The van der Waals surface area contributed by atoms with Gasteiger partial charge in [-0.1, -0.05) is 65.0 Å². The largest absolute Gasteiger partial charge is 0.294 e. The van der Waals surface area contributed by atoms with Crippen molar-refractivity contribution < 1.29 is 4.79 Å². The molecule has 1 aromatic carbocycles. The Morgan fingerprint density at radius 1 is 1.00 bits per heavy atom. The molecule has 1 aromatic rings. The van der Waals surface area contributed by atoms with Crippen molar-refractivity contribution in [1.29, 1.82) is 0 Å². The first-order chi connectivity index (χ1) is 8.66. The average Bonchev–Trinajstić information content (AvgIpc) is 2.43. The number of carbonyl (C=O) groups is 1. The van der Waals surface area contributed by atoms with E-state index in [1.807, 2.05) is 58.9 Å². The summed E-state index contributed by atoms with van der Waals surface area (Å²) in [7, 11) is 0. The molecule has 0 saturated heterocycles. The number of carbonyl (C=O) groups excluding carboxylic acids is 1. The molecule has 1 rings (SSSR count). The van der Waals surface area contributed by atoms with Gasteiger partial charge in [-0.15, -0.1) is 0 Å². The van der Waals surface area contributed by atoms with Crippen molar-refractivity contribution in [2.24, 2.45) is 0 Å². The Morgan fingerprint density at radius 2 is 1.44 bits per heavy atom. The Kier molecular flexibility index (Phi) is 12.8. The first-order valence-corrected chi connectivity index (χ1v) is 6.94. The lowest BCUT2D eigenvalue weighted by Crippen LogP contribution is -1.97. The maximum atomic E-state index is 11.3. The van der Waals surface area contributed by atoms with E-state index in [4.69, 9.17) is 0 Å². The van der Waals surface area contributed by atoms with Crippen LogP contribution in [0.4, 0.5) is 0 Å². The highest BCUT2D eigenvalue weighted by Gasteiger charge is 2.06. The van der Waals surface area contributed by atoms with Crippen LogP contribution in [-0.2, 0) is 0 Å². The summed E-state index contributed by atoms with van der Waals surface area (Å²) in [5, 5.41) is 0. The summed E-state index contributed by atoms with van der Waals surface area (Å²) in [6.07, 6.45) is 3.14. The molecule has 1 nitrogen and oxygen atoms in total. The summed E-state index contributed by atoms with van der Waals surface area (Å²) >= 11 is 0. The SMILES string of the molecule is CC.CC.CC/C=C(\C)c1ccccc1C(C)=O. The second kappa shape index (κ2) is 12.1. The van der Waals surface area contributed by atoms with E-state index in [1.165, 1.54) is 5.57 Å². The van der Waals surface area contributed by atoms with Crippen molar-refractivity contribution >= 4 is 11.4 Å². The summed E-state index contributed by atoms with van der Waals surface area (Å²) < 4.78 is 0.